The van der Waals surface area contributed by atoms with Crippen molar-refractivity contribution in [3.63, 3.8) is 0 Å². The molecule has 3 rings (SSSR count). The fourth-order valence-electron chi connectivity index (χ4n) is 2.43. The summed E-state index contributed by atoms with van der Waals surface area (Å²) in [6.45, 7) is 8.01. The number of amides is 1. The lowest BCUT2D eigenvalue weighted by atomic mass is 9.97. The van der Waals surface area contributed by atoms with Crippen LogP contribution in [0.25, 0.3) is 0 Å². The van der Waals surface area contributed by atoms with Gasteiger partial charge in [0.25, 0.3) is 5.22 Å². The highest BCUT2D eigenvalue weighted by Gasteiger charge is 2.32. The summed E-state index contributed by atoms with van der Waals surface area (Å²) in [5.74, 6) is 0.433. The van der Waals surface area contributed by atoms with Crippen LogP contribution in [-0.2, 0) is 14.9 Å². The zero-order valence-electron chi connectivity index (χ0n) is 15.8. The predicted octanol–water partition coefficient (Wildman–Crippen LogP) is 4.21. The van der Waals surface area contributed by atoms with Crippen LogP contribution < -0.4 is 5.32 Å². The standard InChI is InChI=1S/C18H23N3O4S2/c1-5-24-15(23)13-11(10-6-7-10)8-26-14(13)19-12(22)9-27-17-21-20-16(25-17)18(2,3)4/h8,10H,5-7,9H2,1-4H3,(H,19,22). The van der Waals surface area contributed by atoms with E-state index in [0.717, 1.165) is 18.4 Å². The summed E-state index contributed by atoms with van der Waals surface area (Å²) >= 11 is 2.53. The zero-order valence-corrected chi connectivity index (χ0v) is 17.5. The number of anilines is 1. The van der Waals surface area contributed by atoms with Gasteiger partial charge in [0, 0.05) is 5.41 Å². The van der Waals surface area contributed by atoms with Crippen LogP contribution in [-0.4, -0.2) is 34.4 Å². The fraction of sp³-hybridized carbons (Fsp3) is 0.556. The van der Waals surface area contributed by atoms with Crippen LogP contribution in [0.5, 0.6) is 0 Å². The molecule has 27 heavy (non-hydrogen) atoms. The Hall–Kier alpha value is -1.87. The molecule has 7 nitrogen and oxygen atoms in total. The van der Waals surface area contributed by atoms with Crippen molar-refractivity contribution in [3.05, 3.63) is 22.4 Å². The normalized spacial score (nSPS) is 14.2. The van der Waals surface area contributed by atoms with Crippen LogP contribution in [0.3, 0.4) is 0 Å². The van der Waals surface area contributed by atoms with Gasteiger partial charge in [-0.2, -0.15) is 0 Å². The number of thiophene rings is 1. The maximum Gasteiger partial charge on any atom is 0.341 e. The molecule has 2 aromatic rings. The van der Waals surface area contributed by atoms with Gasteiger partial charge in [0.1, 0.15) is 5.00 Å². The number of nitrogens with one attached hydrogen (secondary N) is 1. The summed E-state index contributed by atoms with van der Waals surface area (Å²) < 4.78 is 10.7. The number of esters is 1. The van der Waals surface area contributed by atoms with Gasteiger partial charge in [-0.05, 0) is 36.6 Å². The first-order valence-corrected chi connectivity index (χ1v) is 10.7. The SMILES string of the molecule is CCOC(=O)c1c(C2CC2)csc1NC(=O)CSc1nnc(C(C)(C)C)o1. The molecule has 1 aliphatic rings. The van der Waals surface area contributed by atoms with Gasteiger partial charge in [0.05, 0.1) is 17.9 Å². The summed E-state index contributed by atoms with van der Waals surface area (Å²) in [4.78, 5) is 24.7. The third kappa shape index (κ3) is 4.90. The molecule has 0 spiro atoms. The Balaban J connectivity index is 1.64. The second kappa shape index (κ2) is 8.02. The predicted molar refractivity (Wildman–Crippen MR) is 105 cm³/mol. The molecule has 146 valence electrons. The molecule has 0 aliphatic heterocycles. The van der Waals surface area contributed by atoms with Crippen LogP contribution in [0.4, 0.5) is 5.00 Å². The average molecular weight is 410 g/mol. The summed E-state index contributed by atoms with van der Waals surface area (Å²) in [6.07, 6.45) is 2.14. The molecule has 1 aliphatic carbocycles. The number of thioether (sulfide) groups is 1. The number of carbonyl (C=O) groups excluding carboxylic acids is 2. The smallest absolute Gasteiger partial charge is 0.341 e. The van der Waals surface area contributed by atoms with Crippen molar-refractivity contribution in [2.45, 2.75) is 57.1 Å². The van der Waals surface area contributed by atoms with Gasteiger partial charge in [-0.1, -0.05) is 32.5 Å². The Labute approximate surface area is 166 Å². The quantitative estimate of drug-likeness (QED) is 0.540. The summed E-state index contributed by atoms with van der Waals surface area (Å²) in [7, 11) is 0. The van der Waals surface area contributed by atoms with E-state index in [1.165, 1.54) is 23.1 Å². The van der Waals surface area contributed by atoms with Gasteiger partial charge in [0.2, 0.25) is 11.8 Å². The van der Waals surface area contributed by atoms with E-state index < -0.39 is 0 Å². The maximum absolute atomic E-state index is 12.3. The molecule has 0 unspecified atom stereocenters. The number of hydrogen-bond donors (Lipinski definition) is 1. The molecule has 1 fully saturated rings. The molecule has 1 amide bonds. The van der Waals surface area contributed by atoms with E-state index in [1.54, 1.807) is 6.92 Å². The van der Waals surface area contributed by atoms with Crippen LogP contribution in [0.1, 0.15) is 68.3 Å². The summed E-state index contributed by atoms with van der Waals surface area (Å²) in [5.41, 5.74) is 1.24. The van der Waals surface area contributed by atoms with Crippen molar-refractivity contribution in [1.82, 2.24) is 10.2 Å². The molecule has 0 aromatic carbocycles. The molecule has 0 radical (unpaired) electrons. The second-order valence-corrected chi connectivity index (χ2v) is 9.16. The highest BCUT2D eigenvalue weighted by molar-refractivity contribution is 7.99. The van der Waals surface area contributed by atoms with E-state index in [-0.39, 0.29) is 23.0 Å². The fourth-order valence-corrected chi connectivity index (χ4v) is 4.04. The first-order valence-electron chi connectivity index (χ1n) is 8.84. The number of hydrogen-bond acceptors (Lipinski definition) is 8. The van der Waals surface area contributed by atoms with Gasteiger partial charge in [-0.3, -0.25) is 4.79 Å². The van der Waals surface area contributed by atoms with Crippen molar-refractivity contribution < 1.29 is 18.7 Å². The molecule has 1 N–H and O–H groups in total. The van der Waals surface area contributed by atoms with Crippen LogP contribution in [0, 0.1) is 0 Å². The molecule has 2 heterocycles. The highest BCUT2D eigenvalue weighted by atomic mass is 32.2. The number of nitrogens with zero attached hydrogens (tertiary/aromatic N) is 2. The maximum atomic E-state index is 12.3. The van der Waals surface area contributed by atoms with Crippen molar-refractivity contribution in [2.75, 3.05) is 17.7 Å². The molecule has 2 aromatic heterocycles. The molecule has 0 atom stereocenters. The van der Waals surface area contributed by atoms with Gasteiger partial charge in [-0.25, -0.2) is 4.79 Å². The van der Waals surface area contributed by atoms with E-state index in [9.17, 15) is 9.59 Å². The minimum Gasteiger partial charge on any atom is -0.462 e. The lowest BCUT2D eigenvalue weighted by molar-refractivity contribution is -0.113. The van der Waals surface area contributed by atoms with Crippen LogP contribution in [0.15, 0.2) is 15.0 Å². The van der Waals surface area contributed by atoms with Crippen molar-refractivity contribution in [3.8, 4) is 0 Å². The van der Waals surface area contributed by atoms with Gasteiger partial charge < -0.3 is 14.5 Å². The van der Waals surface area contributed by atoms with Gasteiger partial charge >= 0.3 is 5.97 Å². The first kappa shape index (κ1) is 19.9. The Morgan fingerprint density at radius 3 is 2.70 bits per heavy atom. The second-order valence-electron chi connectivity index (χ2n) is 7.35. The Morgan fingerprint density at radius 2 is 2.11 bits per heavy atom. The summed E-state index contributed by atoms with van der Waals surface area (Å²) in [5, 5.41) is 13.6. The Bertz CT molecular complexity index is 834. The average Bonchev–Trinajstić information content (AvgIpc) is 3.16. The molecule has 1 saturated carbocycles. The van der Waals surface area contributed by atoms with Crippen molar-refractivity contribution in [2.24, 2.45) is 0 Å². The van der Waals surface area contributed by atoms with E-state index in [0.29, 0.717) is 34.2 Å². The minimum atomic E-state index is -0.379. The number of aromatic nitrogens is 2. The van der Waals surface area contributed by atoms with Gasteiger partial charge in [-0.15, -0.1) is 21.5 Å². The zero-order chi connectivity index (χ0) is 19.6. The largest absolute Gasteiger partial charge is 0.462 e. The molecule has 9 heteroatoms. The van der Waals surface area contributed by atoms with E-state index >= 15 is 0 Å². The third-order valence-electron chi connectivity index (χ3n) is 3.94. The van der Waals surface area contributed by atoms with Crippen LogP contribution >= 0.6 is 23.1 Å². The minimum absolute atomic E-state index is 0.116. The molecular formula is C18H23N3O4S2. The lowest BCUT2D eigenvalue weighted by Crippen LogP contribution is -2.16. The third-order valence-corrected chi connectivity index (χ3v) is 5.68. The highest BCUT2D eigenvalue weighted by Crippen LogP contribution is 2.46. The number of carbonyl (C=O) groups is 2. The Morgan fingerprint density at radius 1 is 1.37 bits per heavy atom. The molecule has 0 saturated heterocycles. The van der Waals surface area contributed by atoms with E-state index in [1.807, 2.05) is 26.2 Å². The molecular weight excluding hydrogens is 386 g/mol. The van der Waals surface area contributed by atoms with E-state index in [4.69, 9.17) is 9.15 Å². The van der Waals surface area contributed by atoms with Crippen LogP contribution in [0.2, 0.25) is 0 Å². The monoisotopic (exact) mass is 409 g/mol. The summed E-state index contributed by atoms with van der Waals surface area (Å²) in [6, 6.07) is 0. The lowest BCUT2D eigenvalue weighted by Gasteiger charge is -2.10. The first-order chi connectivity index (χ1) is 12.8. The Kier molecular flexibility index (Phi) is 5.90. The number of ether oxygens (including phenoxy) is 1. The number of rotatable bonds is 7. The van der Waals surface area contributed by atoms with E-state index in [2.05, 4.69) is 15.5 Å². The van der Waals surface area contributed by atoms with Crippen molar-refractivity contribution in [1.29, 1.82) is 0 Å². The topological polar surface area (TPSA) is 94.3 Å². The molecule has 0 bridgehead atoms. The van der Waals surface area contributed by atoms with Gasteiger partial charge in [0.15, 0.2) is 0 Å². The van der Waals surface area contributed by atoms with Crippen molar-refractivity contribution >= 4 is 40.0 Å².